The molecule has 0 radical (unpaired) electrons. The highest BCUT2D eigenvalue weighted by Gasteiger charge is 2.44. The number of carbonyl (C=O) groups excluding carboxylic acids is 1. The van der Waals surface area contributed by atoms with Gasteiger partial charge in [0.15, 0.2) is 17.3 Å². The van der Waals surface area contributed by atoms with Crippen molar-refractivity contribution in [2.24, 2.45) is 0 Å². The van der Waals surface area contributed by atoms with E-state index in [1.54, 1.807) is 11.0 Å². The van der Waals surface area contributed by atoms with E-state index in [2.05, 4.69) is 30.8 Å². The lowest BCUT2D eigenvalue weighted by atomic mass is 10.0. The van der Waals surface area contributed by atoms with Crippen LogP contribution in [0.5, 0.6) is 11.5 Å². The average molecular weight is 597 g/mol. The molecule has 2 atom stereocenters. The molecule has 2 aromatic carbocycles. The highest BCUT2D eigenvalue weighted by molar-refractivity contribution is 6.05. The number of piperazine rings is 1. The molecule has 2 saturated heterocycles. The van der Waals surface area contributed by atoms with Crippen LogP contribution in [0, 0.1) is 5.82 Å². The van der Waals surface area contributed by atoms with Crippen molar-refractivity contribution in [2.45, 2.75) is 24.7 Å². The number of para-hydroxylation sites is 1. The number of nitrogens with one attached hydrogen (secondary N) is 2. The van der Waals surface area contributed by atoms with Gasteiger partial charge >= 0.3 is 6.18 Å². The van der Waals surface area contributed by atoms with Gasteiger partial charge < -0.3 is 20.3 Å². The summed E-state index contributed by atoms with van der Waals surface area (Å²) in [5.74, 6) is -2.42. The summed E-state index contributed by atoms with van der Waals surface area (Å²) in [6, 6.07) is 10.9. The molecule has 0 saturated carbocycles. The summed E-state index contributed by atoms with van der Waals surface area (Å²) in [5.41, 5.74) is -0.870. The average Bonchev–Trinajstić information content (AvgIpc) is 3.66. The van der Waals surface area contributed by atoms with Crippen molar-refractivity contribution in [3.63, 3.8) is 0 Å². The molecule has 224 valence electrons. The SMILES string of the molecule is CN[C@H]1CCN2CCN(c3c(NC(=O)c4ccn(-c5ccnnc5)n4)ccc(Oc4ccccc4F)c3C(F)(F)F)C[C@H]12. The predicted octanol–water partition coefficient (Wildman–Crippen LogP) is 4.35. The van der Waals surface area contributed by atoms with Crippen LogP contribution in [0.4, 0.5) is 28.9 Å². The number of hydrogen-bond donors (Lipinski definition) is 2. The minimum absolute atomic E-state index is 0.0149. The molecule has 4 aromatic rings. The summed E-state index contributed by atoms with van der Waals surface area (Å²) in [4.78, 5) is 17.2. The maximum atomic E-state index is 14.9. The molecule has 2 fully saturated rings. The van der Waals surface area contributed by atoms with Gasteiger partial charge in [-0.15, -0.1) is 0 Å². The van der Waals surface area contributed by atoms with E-state index < -0.39 is 29.2 Å². The van der Waals surface area contributed by atoms with E-state index in [0.29, 0.717) is 12.2 Å². The van der Waals surface area contributed by atoms with Crippen LogP contribution in [0.2, 0.25) is 0 Å². The predicted molar refractivity (Wildman–Crippen MR) is 150 cm³/mol. The second kappa shape index (κ2) is 11.6. The Bertz CT molecular complexity index is 1610. The lowest BCUT2D eigenvalue weighted by Crippen LogP contribution is -2.55. The topological polar surface area (TPSA) is 100 Å². The fourth-order valence-corrected chi connectivity index (χ4v) is 5.75. The first-order chi connectivity index (χ1) is 20.7. The quantitative estimate of drug-likeness (QED) is 0.304. The first-order valence-corrected chi connectivity index (χ1v) is 13.7. The highest BCUT2D eigenvalue weighted by Crippen LogP contribution is 2.48. The van der Waals surface area contributed by atoms with Gasteiger partial charge in [0.1, 0.15) is 11.3 Å². The Balaban J connectivity index is 1.41. The smallest absolute Gasteiger partial charge is 0.422 e. The lowest BCUT2D eigenvalue weighted by Gasteiger charge is -2.42. The van der Waals surface area contributed by atoms with E-state index in [9.17, 15) is 22.4 Å². The van der Waals surface area contributed by atoms with Crippen LogP contribution in [-0.2, 0) is 6.18 Å². The molecule has 10 nitrogen and oxygen atoms in total. The summed E-state index contributed by atoms with van der Waals surface area (Å²) < 4.78 is 66.2. The standard InChI is InChI=1S/C29H28F4N8O2/c1-34-20-9-12-39-14-15-40(17-23(20)39)27-21(37-28(42)22-10-13-41(38-22)18-8-11-35-36-16-18)6-7-25(26(27)29(31,32)33)43-24-5-3-2-4-19(24)30/h2-8,10-11,13,16,20,23,34H,9,12,14-15,17H2,1H3,(H,37,42)/t20-,23+/m0/s1. The van der Waals surface area contributed by atoms with Crippen LogP contribution < -0.4 is 20.3 Å². The zero-order valence-electron chi connectivity index (χ0n) is 23.1. The Labute approximate surface area is 244 Å². The molecule has 43 heavy (non-hydrogen) atoms. The van der Waals surface area contributed by atoms with Gasteiger partial charge in [0.25, 0.3) is 5.91 Å². The number of amides is 1. The van der Waals surface area contributed by atoms with E-state index in [-0.39, 0.29) is 48.0 Å². The van der Waals surface area contributed by atoms with Gasteiger partial charge in [0.2, 0.25) is 0 Å². The summed E-state index contributed by atoms with van der Waals surface area (Å²) >= 11 is 0. The molecule has 0 bridgehead atoms. The van der Waals surface area contributed by atoms with Crippen LogP contribution in [0.3, 0.4) is 0 Å². The number of carbonyl (C=O) groups is 1. The number of benzene rings is 2. The Morgan fingerprint density at radius 2 is 1.86 bits per heavy atom. The largest absolute Gasteiger partial charge is 0.454 e. The molecule has 2 aliphatic heterocycles. The summed E-state index contributed by atoms with van der Waals surface area (Å²) in [7, 11) is 1.84. The van der Waals surface area contributed by atoms with Crippen molar-refractivity contribution in [3.05, 3.63) is 84.2 Å². The Morgan fingerprint density at radius 1 is 1.02 bits per heavy atom. The van der Waals surface area contributed by atoms with Gasteiger partial charge in [-0.1, -0.05) is 12.1 Å². The van der Waals surface area contributed by atoms with E-state index in [1.165, 1.54) is 53.6 Å². The molecule has 2 N–H and O–H groups in total. The Kier molecular flexibility index (Phi) is 7.71. The zero-order valence-corrected chi connectivity index (χ0v) is 23.1. The van der Waals surface area contributed by atoms with Crippen molar-refractivity contribution < 1.29 is 27.1 Å². The lowest BCUT2D eigenvalue weighted by molar-refractivity contribution is -0.138. The van der Waals surface area contributed by atoms with Gasteiger partial charge in [-0.2, -0.15) is 28.5 Å². The van der Waals surface area contributed by atoms with Crippen molar-refractivity contribution in [2.75, 3.05) is 43.4 Å². The molecule has 0 aliphatic carbocycles. The monoisotopic (exact) mass is 596 g/mol. The van der Waals surface area contributed by atoms with Crippen molar-refractivity contribution in [1.82, 2.24) is 30.2 Å². The third kappa shape index (κ3) is 5.75. The van der Waals surface area contributed by atoms with Crippen molar-refractivity contribution >= 4 is 17.3 Å². The zero-order chi connectivity index (χ0) is 30.1. The van der Waals surface area contributed by atoms with Gasteiger partial charge in [0.05, 0.1) is 29.5 Å². The number of fused-ring (bicyclic) bond motifs is 1. The fourth-order valence-electron chi connectivity index (χ4n) is 5.75. The van der Waals surface area contributed by atoms with E-state index in [1.807, 2.05) is 7.05 Å². The van der Waals surface area contributed by atoms with Gasteiger partial charge in [0, 0.05) is 44.5 Å². The number of halogens is 4. The molecule has 4 heterocycles. The van der Waals surface area contributed by atoms with Crippen LogP contribution >= 0.6 is 0 Å². The number of alkyl halides is 3. The number of hydrogen-bond acceptors (Lipinski definition) is 8. The number of ether oxygens (including phenoxy) is 1. The van der Waals surface area contributed by atoms with Crippen LogP contribution in [0.1, 0.15) is 22.5 Å². The molecule has 6 rings (SSSR count). The second-order valence-corrected chi connectivity index (χ2v) is 10.3. The maximum Gasteiger partial charge on any atom is 0.422 e. The molecule has 2 aromatic heterocycles. The molecule has 0 unspecified atom stereocenters. The number of anilines is 2. The van der Waals surface area contributed by atoms with E-state index in [4.69, 9.17) is 4.74 Å². The van der Waals surface area contributed by atoms with Crippen molar-refractivity contribution in [1.29, 1.82) is 0 Å². The molecular weight excluding hydrogens is 568 g/mol. The summed E-state index contributed by atoms with van der Waals surface area (Å²) in [6.07, 6.45) is 0.433. The number of aromatic nitrogens is 4. The molecule has 1 amide bonds. The Hall–Kier alpha value is -4.56. The molecule has 0 spiro atoms. The third-order valence-electron chi connectivity index (χ3n) is 7.80. The first-order valence-electron chi connectivity index (χ1n) is 13.7. The number of likely N-dealkylation sites (N-methyl/N-ethyl adjacent to an activating group) is 1. The van der Waals surface area contributed by atoms with Gasteiger partial charge in [-0.05, 0) is 49.9 Å². The maximum absolute atomic E-state index is 14.9. The first kappa shape index (κ1) is 28.6. The van der Waals surface area contributed by atoms with E-state index >= 15 is 0 Å². The summed E-state index contributed by atoms with van der Waals surface area (Å²) in [6.45, 7) is 1.94. The second-order valence-electron chi connectivity index (χ2n) is 10.3. The molecular formula is C29H28F4N8O2. The number of nitrogens with zero attached hydrogens (tertiary/aromatic N) is 6. The van der Waals surface area contributed by atoms with Crippen LogP contribution in [0.15, 0.2) is 67.1 Å². The Morgan fingerprint density at radius 3 is 2.60 bits per heavy atom. The van der Waals surface area contributed by atoms with Gasteiger partial charge in [-0.25, -0.2) is 9.07 Å². The van der Waals surface area contributed by atoms with Gasteiger partial charge in [-0.3, -0.25) is 9.69 Å². The third-order valence-corrected chi connectivity index (χ3v) is 7.80. The molecule has 2 aliphatic rings. The van der Waals surface area contributed by atoms with Crippen LogP contribution in [-0.4, -0.2) is 76.1 Å². The number of rotatable bonds is 7. The normalized spacial score (nSPS) is 18.9. The molecule has 14 heteroatoms. The minimum atomic E-state index is -4.90. The van der Waals surface area contributed by atoms with E-state index in [0.717, 1.165) is 25.1 Å². The van der Waals surface area contributed by atoms with Crippen LogP contribution in [0.25, 0.3) is 5.69 Å². The summed E-state index contributed by atoms with van der Waals surface area (Å²) in [5, 5.41) is 17.7. The minimum Gasteiger partial charge on any atom is -0.454 e. The fraction of sp³-hybridized carbons (Fsp3) is 0.310. The van der Waals surface area contributed by atoms with Crippen molar-refractivity contribution in [3.8, 4) is 17.2 Å². The highest BCUT2D eigenvalue weighted by atomic mass is 19.4.